The van der Waals surface area contributed by atoms with Crippen LogP contribution in [0.5, 0.6) is 17.2 Å². The molecule has 0 bridgehead atoms. The normalized spacial score (nSPS) is 14.8. The van der Waals surface area contributed by atoms with Crippen LogP contribution in [0.2, 0.25) is 0 Å². The fourth-order valence-electron chi connectivity index (χ4n) is 4.36. The number of hydrogen-bond donors (Lipinski definition) is 0. The topological polar surface area (TPSA) is 91.1 Å². The maximum absolute atomic E-state index is 13.8. The van der Waals surface area contributed by atoms with Gasteiger partial charge in [0.2, 0.25) is 11.5 Å². The molecule has 3 heterocycles. The lowest BCUT2D eigenvalue weighted by molar-refractivity contribution is 0.0970. The molecule has 5 rings (SSSR count). The second-order valence-electron chi connectivity index (χ2n) is 8.04. The van der Waals surface area contributed by atoms with Gasteiger partial charge in [-0.05, 0) is 54.4 Å². The third-order valence-electron chi connectivity index (χ3n) is 5.98. The summed E-state index contributed by atoms with van der Waals surface area (Å²) in [5.41, 5.74) is 1.76. The van der Waals surface area contributed by atoms with Crippen molar-refractivity contribution in [3.8, 4) is 17.2 Å². The number of ether oxygens (including phenoxy) is 3. The average Bonchev–Trinajstić information content (AvgIpc) is 3.16. The van der Waals surface area contributed by atoms with Gasteiger partial charge in [0.15, 0.2) is 16.9 Å². The van der Waals surface area contributed by atoms with Crippen LogP contribution in [0.15, 0.2) is 62.3 Å². The Kier molecular flexibility index (Phi) is 5.72. The van der Waals surface area contributed by atoms with E-state index in [0.29, 0.717) is 39.6 Å². The molecule has 1 amide bonds. The number of aryl methyl sites for hydroxylation is 1. The SMILES string of the molecule is COc1cc(C2c3c(oc4ccc(Br)cc4c3=O)C(=O)N2c2ccc(C)cn2)cc(OC)c1OC. The first kappa shape index (κ1) is 22.9. The Bertz CT molecular complexity index is 1500. The number of nitrogens with zero attached hydrogens (tertiary/aromatic N) is 2. The van der Waals surface area contributed by atoms with Crippen LogP contribution in [0.25, 0.3) is 11.0 Å². The molecular formula is C26H21BrN2O6. The number of fused-ring (bicyclic) bond motifs is 2. The van der Waals surface area contributed by atoms with E-state index in [1.165, 1.54) is 26.2 Å². The van der Waals surface area contributed by atoms with E-state index >= 15 is 0 Å². The van der Waals surface area contributed by atoms with Gasteiger partial charge < -0.3 is 18.6 Å². The van der Waals surface area contributed by atoms with E-state index in [9.17, 15) is 9.59 Å². The summed E-state index contributed by atoms with van der Waals surface area (Å²) in [6, 6.07) is 11.3. The van der Waals surface area contributed by atoms with Crippen LogP contribution in [-0.2, 0) is 0 Å². The third kappa shape index (κ3) is 3.63. The van der Waals surface area contributed by atoms with Crippen molar-refractivity contribution in [2.75, 3.05) is 26.2 Å². The predicted octanol–water partition coefficient (Wildman–Crippen LogP) is 5.03. The molecule has 1 aliphatic heterocycles. The Hall–Kier alpha value is -3.85. The fraction of sp³-hybridized carbons (Fsp3) is 0.192. The van der Waals surface area contributed by atoms with E-state index in [0.717, 1.165) is 10.0 Å². The summed E-state index contributed by atoms with van der Waals surface area (Å²) in [4.78, 5) is 33.4. The van der Waals surface area contributed by atoms with Gasteiger partial charge in [-0.1, -0.05) is 22.0 Å². The highest BCUT2D eigenvalue weighted by atomic mass is 79.9. The molecule has 0 saturated heterocycles. The Morgan fingerprint density at radius 2 is 1.69 bits per heavy atom. The predicted molar refractivity (Wildman–Crippen MR) is 134 cm³/mol. The molecule has 2 aromatic carbocycles. The van der Waals surface area contributed by atoms with Crippen molar-refractivity contribution in [1.82, 2.24) is 4.98 Å². The number of pyridine rings is 1. The zero-order valence-corrected chi connectivity index (χ0v) is 21.0. The van der Waals surface area contributed by atoms with Gasteiger partial charge in [-0.2, -0.15) is 0 Å². The van der Waals surface area contributed by atoms with Crippen molar-refractivity contribution >= 4 is 38.6 Å². The number of anilines is 1. The maximum Gasteiger partial charge on any atom is 0.296 e. The number of carbonyl (C=O) groups excluding carboxylic acids is 1. The van der Waals surface area contributed by atoms with E-state index in [-0.39, 0.29) is 16.8 Å². The molecule has 9 heteroatoms. The van der Waals surface area contributed by atoms with Crippen molar-refractivity contribution in [3.63, 3.8) is 0 Å². The third-order valence-corrected chi connectivity index (χ3v) is 6.47. The second-order valence-corrected chi connectivity index (χ2v) is 8.96. The van der Waals surface area contributed by atoms with Gasteiger partial charge in [0, 0.05) is 10.7 Å². The van der Waals surface area contributed by atoms with Crippen molar-refractivity contribution in [2.45, 2.75) is 13.0 Å². The lowest BCUT2D eigenvalue weighted by atomic mass is 9.97. The Labute approximate surface area is 209 Å². The summed E-state index contributed by atoms with van der Waals surface area (Å²) in [7, 11) is 4.52. The van der Waals surface area contributed by atoms with Crippen molar-refractivity contribution in [2.24, 2.45) is 0 Å². The smallest absolute Gasteiger partial charge is 0.296 e. The first-order chi connectivity index (χ1) is 16.9. The number of benzene rings is 2. The van der Waals surface area contributed by atoms with Crippen LogP contribution in [-0.4, -0.2) is 32.2 Å². The molecule has 2 aromatic heterocycles. The molecule has 1 unspecified atom stereocenters. The summed E-state index contributed by atoms with van der Waals surface area (Å²) < 4.78 is 23.3. The molecule has 0 spiro atoms. The van der Waals surface area contributed by atoms with Crippen LogP contribution in [0.1, 0.15) is 33.3 Å². The van der Waals surface area contributed by atoms with E-state index in [4.69, 9.17) is 18.6 Å². The van der Waals surface area contributed by atoms with Crippen molar-refractivity contribution in [1.29, 1.82) is 0 Å². The van der Waals surface area contributed by atoms with Gasteiger partial charge in [0.1, 0.15) is 11.4 Å². The largest absolute Gasteiger partial charge is 0.493 e. The number of rotatable bonds is 5. The number of methoxy groups -OCH3 is 3. The molecule has 1 atom stereocenters. The lowest BCUT2D eigenvalue weighted by Gasteiger charge is -2.25. The summed E-state index contributed by atoms with van der Waals surface area (Å²) in [5.74, 6) is 1.09. The summed E-state index contributed by atoms with van der Waals surface area (Å²) >= 11 is 3.41. The fourth-order valence-corrected chi connectivity index (χ4v) is 4.72. The molecule has 0 radical (unpaired) electrons. The van der Waals surface area contributed by atoms with Crippen LogP contribution >= 0.6 is 15.9 Å². The molecule has 1 aliphatic rings. The molecule has 0 aliphatic carbocycles. The Morgan fingerprint density at radius 1 is 0.971 bits per heavy atom. The number of aromatic nitrogens is 1. The number of halogens is 1. The quantitative estimate of drug-likeness (QED) is 0.353. The van der Waals surface area contributed by atoms with E-state index in [1.807, 2.05) is 13.0 Å². The van der Waals surface area contributed by atoms with Gasteiger partial charge in [-0.3, -0.25) is 14.5 Å². The van der Waals surface area contributed by atoms with E-state index in [2.05, 4.69) is 20.9 Å². The molecule has 178 valence electrons. The summed E-state index contributed by atoms with van der Waals surface area (Å²) in [6.45, 7) is 1.91. The molecule has 8 nitrogen and oxygen atoms in total. The highest BCUT2D eigenvalue weighted by molar-refractivity contribution is 9.10. The minimum Gasteiger partial charge on any atom is -0.493 e. The van der Waals surface area contributed by atoms with Gasteiger partial charge in [-0.15, -0.1) is 0 Å². The average molecular weight is 537 g/mol. The first-order valence-corrected chi connectivity index (χ1v) is 11.5. The van der Waals surface area contributed by atoms with Crippen LogP contribution in [0.3, 0.4) is 0 Å². The number of hydrogen-bond acceptors (Lipinski definition) is 7. The highest BCUT2D eigenvalue weighted by Crippen LogP contribution is 2.46. The van der Waals surface area contributed by atoms with Crippen molar-refractivity contribution in [3.05, 3.63) is 85.8 Å². The Morgan fingerprint density at radius 3 is 2.29 bits per heavy atom. The standard InChI is InChI=1S/C26H21BrN2O6/c1-13-5-8-20(28-12-13)29-22(14-9-18(32-2)24(34-4)19(10-14)33-3)21-23(30)16-11-15(27)6-7-17(16)35-25(21)26(29)31/h5-12,22H,1-4H3. The van der Waals surface area contributed by atoms with Crippen LogP contribution in [0.4, 0.5) is 5.82 Å². The molecular weight excluding hydrogens is 516 g/mol. The monoisotopic (exact) mass is 536 g/mol. The number of amides is 1. The van der Waals surface area contributed by atoms with E-state index in [1.54, 1.807) is 42.6 Å². The molecule has 0 fully saturated rings. The van der Waals surface area contributed by atoms with Gasteiger partial charge >= 0.3 is 0 Å². The highest BCUT2D eigenvalue weighted by Gasteiger charge is 2.45. The first-order valence-electron chi connectivity index (χ1n) is 10.7. The molecule has 0 N–H and O–H groups in total. The summed E-state index contributed by atoms with van der Waals surface area (Å²) in [5, 5.41) is 0.363. The molecule has 35 heavy (non-hydrogen) atoms. The van der Waals surface area contributed by atoms with E-state index < -0.39 is 11.9 Å². The minimum absolute atomic E-state index is 0.0223. The Balaban J connectivity index is 1.84. The van der Waals surface area contributed by atoms with Crippen LogP contribution < -0.4 is 24.5 Å². The minimum atomic E-state index is -0.832. The van der Waals surface area contributed by atoms with Gasteiger partial charge in [-0.25, -0.2) is 4.98 Å². The molecule has 0 saturated carbocycles. The van der Waals surface area contributed by atoms with Crippen molar-refractivity contribution < 1.29 is 23.4 Å². The maximum atomic E-state index is 13.8. The zero-order chi connectivity index (χ0) is 24.9. The molecule has 4 aromatic rings. The van der Waals surface area contributed by atoms with Gasteiger partial charge in [0.05, 0.1) is 38.3 Å². The van der Waals surface area contributed by atoms with Crippen LogP contribution in [0, 0.1) is 6.92 Å². The number of carbonyl (C=O) groups is 1. The lowest BCUT2D eigenvalue weighted by Crippen LogP contribution is -2.30. The second kappa shape index (κ2) is 8.74. The zero-order valence-electron chi connectivity index (χ0n) is 19.4. The summed E-state index contributed by atoms with van der Waals surface area (Å²) in [6.07, 6.45) is 1.67. The van der Waals surface area contributed by atoms with Gasteiger partial charge in [0.25, 0.3) is 5.91 Å².